The molecule has 0 spiro atoms. The molecule has 2 N–H and O–H groups in total. The van der Waals surface area contributed by atoms with Crippen LogP contribution in [0.2, 0.25) is 5.15 Å². The third-order valence-corrected chi connectivity index (χ3v) is 3.58. The molecule has 0 radical (unpaired) electrons. The van der Waals surface area contributed by atoms with Gasteiger partial charge in [0.2, 0.25) is 5.95 Å². The van der Waals surface area contributed by atoms with E-state index in [-0.39, 0.29) is 17.1 Å². The highest BCUT2D eigenvalue weighted by molar-refractivity contribution is 6.30. The lowest BCUT2D eigenvalue weighted by Gasteiger charge is -2.35. The van der Waals surface area contributed by atoms with Crippen LogP contribution in [0.25, 0.3) is 0 Å². The van der Waals surface area contributed by atoms with Gasteiger partial charge in [0.25, 0.3) is 0 Å². The van der Waals surface area contributed by atoms with Crippen molar-refractivity contribution in [3.8, 4) is 0 Å². The first kappa shape index (κ1) is 14.0. The molecule has 0 aromatic carbocycles. The predicted molar refractivity (Wildman–Crippen MR) is 69.8 cm³/mol. The molecule has 0 aliphatic carbocycles. The number of anilines is 1. The van der Waals surface area contributed by atoms with E-state index < -0.39 is 5.41 Å². The van der Waals surface area contributed by atoms with Crippen LogP contribution < -0.4 is 5.73 Å². The van der Waals surface area contributed by atoms with E-state index in [9.17, 15) is 4.79 Å². The van der Waals surface area contributed by atoms with Gasteiger partial charge in [-0.25, -0.2) is 9.97 Å². The Morgan fingerprint density at radius 2 is 2.26 bits per heavy atom. The van der Waals surface area contributed by atoms with Crippen LogP contribution in [0.1, 0.15) is 25.3 Å². The summed E-state index contributed by atoms with van der Waals surface area (Å²) in [5, 5.41) is 0.197. The van der Waals surface area contributed by atoms with Crippen LogP contribution in [0.4, 0.5) is 5.95 Å². The summed E-state index contributed by atoms with van der Waals surface area (Å²) in [6, 6.07) is 0. The maximum Gasteiger partial charge on any atom is 0.316 e. The highest BCUT2D eigenvalue weighted by Crippen LogP contribution is 2.39. The van der Waals surface area contributed by atoms with Crippen molar-refractivity contribution in [2.24, 2.45) is 0 Å². The highest BCUT2D eigenvalue weighted by atomic mass is 35.5. The van der Waals surface area contributed by atoms with E-state index in [0.717, 1.165) is 0 Å². The van der Waals surface area contributed by atoms with Crippen molar-refractivity contribution in [2.45, 2.75) is 25.2 Å². The van der Waals surface area contributed by atoms with Gasteiger partial charge in [0.1, 0.15) is 10.6 Å². The maximum atomic E-state index is 12.3. The highest BCUT2D eigenvalue weighted by Gasteiger charge is 2.45. The van der Waals surface area contributed by atoms with Crippen LogP contribution in [-0.2, 0) is 19.7 Å². The standard InChI is InChI=1S/C12H16ClN3O3/c1-2-19-10(17)12(3-5-18-6-4-12)8-7-15-11(14)16-9(8)13/h7H,2-6H2,1H3,(H2,14,15,16). The van der Waals surface area contributed by atoms with Crippen LogP contribution in [-0.4, -0.2) is 35.8 Å². The normalized spacial score (nSPS) is 18.0. The molecule has 104 valence electrons. The minimum atomic E-state index is -0.834. The van der Waals surface area contributed by atoms with Crippen molar-refractivity contribution in [2.75, 3.05) is 25.6 Å². The monoisotopic (exact) mass is 285 g/mol. The molecule has 2 heterocycles. The second-order valence-electron chi connectivity index (χ2n) is 4.35. The molecule has 0 unspecified atom stereocenters. The molecule has 2 rings (SSSR count). The van der Waals surface area contributed by atoms with Crippen molar-refractivity contribution in [3.05, 3.63) is 16.9 Å². The zero-order valence-electron chi connectivity index (χ0n) is 10.7. The number of ether oxygens (including phenoxy) is 2. The van der Waals surface area contributed by atoms with Crippen molar-refractivity contribution < 1.29 is 14.3 Å². The lowest BCUT2D eigenvalue weighted by molar-refractivity contribution is -0.154. The fraction of sp³-hybridized carbons (Fsp3) is 0.583. The predicted octanol–water partition coefficient (Wildman–Crippen LogP) is 1.32. The van der Waals surface area contributed by atoms with Crippen LogP contribution in [0.5, 0.6) is 0 Å². The fourth-order valence-corrected chi connectivity index (χ4v) is 2.58. The smallest absolute Gasteiger partial charge is 0.316 e. The van der Waals surface area contributed by atoms with Crippen molar-refractivity contribution in [1.82, 2.24) is 9.97 Å². The number of aromatic nitrogens is 2. The Balaban J connectivity index is 2.44. The number of nitrogens with zero attached hydrogens (tertiary/aromatic N) is 2. The summed E-state index contributed by atoms with van der Waals surface area (Å²) in [6.07, 6.45) is 2.50. The van der Waals surface area contributed by atoms with Crippen LogP contribution in [0.15, 0.2) is 6.20 Å². The van der Waals surface area contributed by atoms with E-state index >= 15 is 0 Å². The number of rotatable bonds is 3. The van der Waals surface area contributed by atoms with Gasteiger partial charge < -0.3 is 15.2 Å². The van der Waals surface area contributed by atoms with Gasteiger partial charge in [-0.1, -0.05) is 11.6 Å². The summed E-state index contributed by atoms with van der Waals surface area (Å²) in [5.41, 5.74) is 5.21. The largest absolute Gasteiger partial charge is 0.465 e. The minimum Gasteiger partial charge on any atom is -0.465 e. The summed E-state index contributed by atoms with van der Waals surface area (Å²) in [5.74, 6) is -0.228. The number of nitrogens with two attached hydrogens (primary N) is 1. The molecule has 0 saturated carbocycles. The Morgan fingerprint density at radius 1 is 1.58 bits per heavy atom. The molecule has 0 bridgehead atoms. The molecule has 7 heteroatoms. The molecule has 1 fully saturated rings. The first-order valence-electron chi connectivity index (χ1n) is 6.13. The first-order chi connectivity index (χ1) is 9.10. The summed E-state index contributed by atoms with van der Waals surface area (Å²) in [7, 11) is 0. The molecule has 1 aromatic heterocycles. The first-order valence-corrected chi connectivity index (χ1v) is 6.51. The molecule has 6 nitrogen and oxygen atoms in total. The number of hydrogen-bond acceptors (Lipinski definition) is 6. The molecule has 1 aromatic rings. The summed E-state index contributed by atoms with van der Waals surface area (Å²) >= 11 is 6.12. The average Bonchev–Trinajstić information content (AvgIpc) is 2.39. The Bertz CT molecular complexity index is 475. The number of esters is 1. The van der Waals surface area contributed by atoms with Gasteiger partial charge in [-0.05, 0) is 19.8 Å². The van der Waals surface area contributed by atoms with Crippen LogP contribution in [0.3, 0.4) is 0 Å². The van der Waals surface area contributed by atoms with E-state index in [1.807, 2.05) is 0 Å². The Labute approximate surface area is 116 Å². The SMILES string of the molecule is CCOC(=O)C1(c2cnc(N)nc2Cl)CCOCC1. The Morgan fingerprint density at radius 3 is 2.84 bits per heavy atom. The molecule has 1 aliphatic heterocycles. The number of carbonyl (C=O) groups excluding carboxylic acids is 1. The zero-order valence-corrected chi connectivity index (χ0v) is 11.4. The quantitative estimate of drug-likeness (QED) is 0.666. The molecule has 19 heavy (non-hydrogen) atoms. The zero-order chi connectivity index (χ0) is 13.9. The summed E-state index contributed by atoms with van der Waals surface area (Å²) in [4.78, 5) is 20.2. The van der Waals surface area contributed by atoms with Gasteiger partial charge in [0.05, 0.1) is 6.61 Å². The Hall–Kier alpha value is -1.40. The number of halogens is 1. The fourth-order valence-electron chi connectivity index (χ4n) is 2.27. The van der Waals surface area contributed by atoms with E-state index in [2.05, 4.69) is 9.97 Å². The van der Waals surface area contributed by atoms with Crippen LogP contribution in [0, 0.1) is 0 Å². The summed E-state index contributed by atoms with van der Waals surface area (Å²) in [6.45, 7) is 3.03. The van der Waals surface area contributed by atoms with Crippen molar-refractivity contribution in [1.29, 1.82) is 0 Å². The van der Waals surface area contributed by atoms with Gasteiger partial charge in [-0.3, -0.25) is 4.79 Å². The third kappa shape index (κ3) is 2.64. The van der Waals surface area contributed by atoms with Gasteiger partial charge in [-0.2, -0.15) is 0 Å². The molecular formula is C12H16ClN3O3. The lowest BCUT2D eigenvalue weighted by atomic mass is 9.75. The maximum absolute atomic E-state index is 12.3. The number of carbonyl (C=O) groups is 1. The molecule has 0 amide bonds. The van der Waals surface area contributed by atoms with E-state index in [1.165, 1.54) is 6.20 Å². The second-order valence-corrected chi connectivity index (χ2v) is 4.71. The van der Waals surface area contributed by atoms with Gasteiger partial charge >= 0.3 is 5.97 Å². The van der Waals surface area contributed by atoms with E-state index in [1.54, 1.807) is 6.92 Å². The molecule has 1 saturated heterocycles. The van der Waals surface area contributed by atoms with E-state index in [0.29, 0.717) is 38.2 Å². The number of hydrogen-bond donors (Lipinski definition) is 1. The van der Waals surface area contributed by atoms with E-state index in [4.69, 9.17) is 26.8 Å². The number of nitrogen functional groups attached to an aromatic ring is 1. The Kier molecular flexibility index (Phi) is 4.21. The minimum absolute atomic E-state index is 0.0832. The van der Waals surface area contributed by atoms with Gasteiger partial charge in [0.15, 0.2) is 0 Å². The van der Waals surface area contributed by atoms with Crippen molar-refractivity contribution >= 4 is 23.5 Å². The molecule has 0 atom stereocenters. The lowest BCUT2D eigenvalue weighted by Crippen LogP contribution is -2.43. The third-order valence-electron chi connectivity index (χ3n) is 3.29. The average molecular weight is 286 g/mol. The summed E-state index contributed by atoms with van der Waals surface area (Å²) < 4.78 is 10.5. The molecule has 1 aliphatic rings. The van der Waals surface area contributed by atoms with Crippen LogP contribution >= 0.6 is 11.6 Å². The van der Waals surface area contributed by atoms with Gasteiger partial charge in [0, 0.05) is 25.0 Å². The topological polar surface area (TPSA) is 87.3 Å². The van der Waals surface area contributed by atoms with Gasteiger partial charge in [-0.15, -0.1) is 0 Å². The molecular weight excluding hydrogens is 270 g/mol. The van der Waals surface area contributed by atoms with Crippen molar-refractivity contribution in [3.63, 3.8) is 0 Å². The second kappa shape index (κ2) is 5.71.